The fraction of sp³-hybridized carbons (Fsp3) is 0.476. The summed E-state index contributed by atoms with van der Waals surface area (Å²) in [6, 6.07) is 7.29. The van der Waals surface area contributed by atoms with Crippen LogP contribution in [0.1, 0.15) is 36.2 Å². The number of hydrogen-bond donors (Lipinski definition) is 3. The molecule has 4 N–H and O–H groups in total. The number of nitrogens with two attached hydrogens (primary N) is 1. The normalized spacial score (nSPS) is 19.5. The molecule has 1 saturated heterocycles. The average Bonchev–Trinajstić information content (AvgIpc) is 3.21. The number of β-amino-alcohol motifs (C(OH)–C–C–N with tert-alkyl or cyclic N) is 1. The summed E-state index contributed by atoms with van der Waals surface area (Å²) in [6.45, 7) is 2.57. The van der Waals surface area contributed by atoms with Crippen molar-refractivity contribution in [3.8, 4) is 11.3 Å². The fourth-order valence-corrected chi connectivity index (χ4v) is 3.59. The third-order valence-electron chi connectivity index (χ3n) is 5.34. The van der Waals surface area contributed by atoms with Gasteiger partial charge in [0, 0.05) is 24.7 Å². The summed E-state index contributed by atoms with van der Waals surface area (Å²) in [5, 5.41) is 16.6. The topological polar surface area (TPSA) is 122 Å². The average molecular weight is 418 g/mol. The van der Waals surface area contributed by atoms with Crippen molar-refractivity contribution in [2.45, 2.75) is 31.8 Å². The van der Waals surface area contributed by atoms with Crippen molar-refractivity contribution in [1.82, 2.24) is 15.4 Å². The monoisotopic (exact) mass is 418 g/mol. The molecule has 1 aliphatic heterocycles. The van der Waals surface area contributed by atoms with Crippen LogP contribution in [0.25, 0.3) is 11.3 Å². The second-order valence-corrected chi connectivity index (χ2v) is 7.57. The Bertz CT molecular complexity index is 855. The predicted molar refractivity (Wildman–Crippen MR) is 108 cm³/mol. The maximum absolute atomic E-state index is 13.0. The molecular weight excluding hydrogens is 391 g/mol. The first-order chi connectivity index (χ1) is 14.4. The molecule has 0 unspecified atom stereocenters. The minimum absolute atomic E-state index is 0.181. The smallest absolute Gasteiger partial charge is 0.273 e. The number of carbonyl (C=O) groups is 2. The van der Waals surface area contributed by atoms with Crippen LogP contribution in [-0.2, 0) is 4.79 Å². The van der Waals surface area contributed by atoms with E-state index in [2.05, 4.69) is 15.4 Å². The molecule has 9 heteroatoms. The van der Waals surface area contributed by atoms with Crippen molar-refractivity contribution in [3.05, 3.63) is 41.8 Å². The number of piperidine rings is 1. The van der Waals surface area contributed by atoms with E-state index in [-0.39, 0.29) is 17.4 Å². The molecular formula is C21H27FN4O4. The molecule has 2 atom stereocenters. The summed E-state index contributed by atoms with van der Waals surface area (Å²) in [7, 11) is 0. The Morgan fingerprint density at radius 3 is 2.73 bits per heavy atom. The van der Waals surface area contributed by atoms with Crippen LogP contribution < -0.4 is 11.1 Å². The molecule has 1 aromatic heterocycles. The Morgan fingerprint density at radius 2 is 2.03 bits per heavy atom. The highest BCUT2D eigenvalue weighted by Crippen LogP contribution is 2.21. The summed E-state index contributed by atoms with van der Waals surface area (Å²) in [5.41, 5.74) is 6.11. The first-order valence-corrected chi connectivity index (χ1v) is 10.1. The largest absolute Gasteiger partial charge is 0.391 e. The number of unbranched alkanes of at least 4 members (excludes halogenated alkanes) is 2. The van der Waals surface area contributed by atoms with Crippen LogP contribution in [0.5, 0.6) is 0 Å². The van der Waals surface area contributed by atoms with Crippen LogP contribution in [0.15, 0.2) is 34.9 Å². The standard InChI is InChI=1S/C21H27FN4O4/c22-15-6-4-14(5-7-15)19-12-17(25-30-19)21(29)24-9-2-1-3-10-26-11-8-16(20(23)28)18(27)13-26/h4-7,12,16,18,27H,1-3,8-11,13H2,(H2,23,28)(H,24,29)/t16-,18+/m1/s1. The Morgan fingerprint density at radius 1 is 1.27 bits per heavy atom. The van der Waals surface area contributed by atoms with E-state index in [0.29, 0.717) is 30.8 Å². The van der Waals surface area contributed by atoms with Crippen LogP contribution in [-0.4, -0.2) is 59.3 Å². The zero-order valence-electron chi connectivity index (χ0n) is 16.7. The number of halogens is 1. The van der Waals surface area contributed by atoms with Gasteiger partial charge in [-0.1, -0.05) is 11.6 Å². The summed E-state index contributed by atoms with van der Waals surface area (Å²) >= 11 is 0. The fourth-order valence-electron chi connectivity index (χ4n) is 3.59. The third-order valence-corrected chi connectivity index (χ3v) is 5.34. The van der Waals surface area contributed by atoms with E-state index in [1.807, 2.05) is 0 Å². The number of nitrogens with one attached hydrogen (secondary N) is 1. The van der Waals surface area contributed by atoms with Crippen LogP contribution >= 0.6 is 0 Å². The number of benzene rings is 1. The Kier molecular flexibility index (Phi) is 7.53. The van der Waals surface area contributed by atoms with Gasteiger partial charge in [-0.2, -0.15) is 0 Å². The lowest BCUT2D eigenvalue weighted by atomic mass is 9.93. The first-order valence-electron chi connectivity index (χ1n) is 10.1. The van der Waals surface area contributed by atoms with Gasteiger partial charge in [0.1, 0.15) is 5.82 Å². The van der Waals surface area contributed by atoms with Crippen LogP contribution in [0, 0.1) is 11.7 Å². The summed E-state index contributed by atoms with van der Waals surface area (Å²) in [4.78, 5) is 25.5. The Hall–Kier alpha value is -2.78. The lowest BCUT2D eigenvalue weighted by Crippen LogP contribution is -2.48. The van der Waals surface area contributed by atoms with E-state index in [9.17, 15) is 19.1 Å². The number of aromatic nitrogens is 1. The highest BCUT2D eigenvalue weighted by molar-refractivity contribution is 5.93. The zero-order chi connectivity index (χ0) is 21.5. The number of aliphatic hydroxyl groups excluding tert-OH is 1. The predicted octanol–water partition coefficient (Wildman–Crippen LogP) is 1.55. The van der Waals surface area contributed by atoms with Crippen molar-refractivity contribution >= 4 is 11.8 Å². The van der Waals surface area contributed by atoms with Gasteiger partial charge in [-0.15, -0.1) is 0 Å². The maximum Gasteiger partial charge on any atom is 0.273 e. The second-order valence-electron chi connectivity index (χ2n) is 7.57. The number of nitrogens with zero attached hydrogens (tertiary/aromatic N) is 2. The molecule has 2 amide bonds. The molecule has 8 nitrogen and oxygen atoms in total. The Labute approximate surface area is 174 Å². The summed E-state index contributed by atoms with van der Waals surface area (Å²) in [5.74, 6) is -1.14. The third kappa shape index (κ3) is 5.87. The lowest BCUT2D eigenvalue weighted by Gasteiger charge is -2.34. The van der Waals surface area contributed by atoms with Crippen molar-refractivity contribution in [2.75, 3.05) is 26.2 Å². The first kappa shape index (κ1) is 21.9. The number of carbonyl (C=O) groups excluding carboxylic acids is 2. The van der Waals surface area contributed by atoms with Gasteiger partial charge in [0.05, 0.1) is 12.0 Å². The van der Waals surface area contributed by atoms with E-state index < -0.39 is 17.9 Å². The minimum atomic E-state index is -0.696. The SMILES string of the molecule is NC(=O)[C@@H]1CCN(CCCCCNC(=O)c2cc(-c3ccc(F)cc3)on2)C[C@@H]1O. The van der Waals surface area contributed by atoms with Gasteiger partial charge in [-0.05, 0) is 56.6 Å². The lowest BCUT2D eigenvalue weighted by molar-refractivity contribution is -0.128. The van der Waals surface area contributed by atoms with Gasteiger partial charge < -0.3 is 25.6 Å². The molecule has 2 aromatic rings. The zero-order valence-corrected chi connectivity index (χ0v) is 16.7. The van der Waals surface area contributed by atoms with Gasteiger partial charge in [0.25, 0.3) is 5.91 Å². The number of primary amides is 1. The van der Waals surface area contributed by atoms with Crippen LogP contribution in [0.3, 0.4) is 0 Å². The molecule has 3 rings (SSSR count). The number of aliphatic hydroxyl groups is 1. The van der Waals surface area contributed by atoms with E-state index in [1.54, 1.807) is 12.1 Å². The van der Waals surface area contributed by atoms with Crippen LogP contribution in [0.4, 0.5) is 4.39 Å². The van der Waals surface area contributed by atoms with Crippen molar-refractivity contribution in [3.63, 3.8) is 0 Å². The highest BCUT2D eigenvalue weighted by Gasteiger charge is 2.31. The number of rotatable bonds is 9. The molecule has 1 fully saturated rings. The number of hydrogen-bond acceptors (Lipinski definition) is 6. The second kappa shape index (κ2) is 10.3. The molecule has 30 heavy (non-hydrogen) atoms. The molecule has 0 spiro atoms. The highest BCUT2D eigenvalue weighted by atomic mass is 19.1. The van der Waals surface area contributed by atoms with Gasteiger partial charge in [-0.25, -0.2) is 4.39 Å². The van der Waals surface area contributed by atoms with E-state index in [1.165, 1.54) is 18.2 Å². The van der Waals surface area contributed by atoms with Crippen molar-refractivity contribution in [2.24, 2.45) is 11.7 Å². The summed E-state index contributed by atoms with van der Waals surface area (Å²) < 4.78 is 18.2. The van der Waals surface area contributed by atoms with E-state index in [0.717, 1.165) is 32.4 Å². The molecule has 0 saturated carbocycles. The Balaban J connectivity index is 1.32. The van der Waals surface area contributed by atoms with Crippen molar-refractivity contribution < 1.29 is 23.6 Å². The van der Waals surface area contributed by atoms with Crippen molar-refractivity contribution in [1.29, 1.82) is 0 Å². The van der Waals surface area contributed by atoms with Gasteiger partial charge >= 0.3 is 0 Å². The molecule has 2 heterocycles. The molecule has 162 valence electrons. The van der Waals surface area contributed by atoms with Gasteiger partial charge in [-0.3, -0.25) is 9.59 Å². The molecule has 0 radical (unpaired) electrons. The van der Waals surface area contributed by atoms with Gasteiger partial charge in [0.2, 0.25) is 5.91 Å². The maximum atomic E-state index is 13.0. The van der Waals surface area contributed by atoms with E-state index in [4.69, 9.17) is 10.3 Å². The minimum Gasteiger partial charge on any atom is -0.391 e. The molecule has 1 aromatic carbocycles. The number of likely N-dealkylation sites (tertiary alicyclic amines) is 1. The quantitative estimate of drug-likeness (QED) is 0.531. The van der Waals surface area contributed by atoms with Gasteiger partial charge in [0.15, 0.2) is 11.5 Å². The molecule has 0 bridgehead atoms. The van der Waals surface area contributed by atoms with E-state index >= 15 is 0 Å². The number of amides is 2. The molecule has 0 aliphatic carbocycles. The molecule has 1 aliphatic rings. The summed E-state index contributed by atoms with van der Waals surface area (Å²) in [6.07, 6.45) is 2.56. The van der Waals surface area contributed by atoms with Crippen LogP contribution in [0.2, 0.25) is 0 Å².